The van der Waals surface area contributed by atoms with Crippen LogP contribution < -0.4 is 9.64 Å². The molecule has 3 aromatic rings. The van der Waals surface area contributed by atoms with Gasteiger partial charge in [-0.2, -0.15) is 4.31 Å². The Bertz CT molecular complexity index is 1220. The molecule has 8 nitrogen and oxygen atoms in total. The number of aryl methyl sites for hydroxylation is 1. The molecule has 4 rings (SSSR count). The highest BCUT2D eigenvalue weighted by Gasteiger charge is 2.31. The van der Waals surface area contributed by atoms with Crippen LogP contribution in [0.4, 0.5) is 14.9 Å². The van der Waals surface area contributed by atoms with Crippen molar-refractivity contribution in [2.45, 2.75) is 11.8 Å². The number of nitrogens with zero attached hydrogens (tertiary/aromatic N) is 2. The van der Waals surface area contributed by atoms with E-state index in [0.29, 0.717) is 24.1 Å². The number of hydrogen-bond acceptors (Lipinski definition) is 6. The van der Waals surface area contributed by atoms with Gasteiger partial charge < -0.3 is 19.2 Å². The number of piperazine rings is 1. The van der Waals surface area contributed by atoms with Gasteiger partial charge in [0.2, 0.25) is 10.0 Å². The van der Waals surface area contributed by atoms with Gasteiger partial charge in [-0.3, -0.25) is 0 Å². The lowest BCUT2D eigenvalue weighted by Gasteiger charge is -2.36. The van der Waals surface area contributed by atoms with E-state index >= 15 is 0 Å². The highest BCUT2D eigenvalue weighted by atomic mass is 32.2. The number of carbonyl (C=O) groups is 1. The quantitative estimate of drug-likeness (QED) is 0.628. The first-order chi connectivity index (χ1) is 14.3. The van der Waals surface area contributed by atoms with Gasteiger partial charge >= 0.3 is 6.16 Å². The number of benzene rings is 2. The molecule has 10 heteroatoms. The molecule has 0 atom stereocenters. The summed E-state index contributed by atoms with van der Waals surface area (Å²) < 4.78 is 50.8. The summed E-state index contributed by atoms with van der Waals surface area (Å²) in [4.78, 5) is 12.4. The van der Waals surface area contributed by atoms with Crippen molar-refractivity contribution in [1.82, 2.24) is 4.31 Å². The molecule has 1 aliphatic rings. The molecule has 2 heterocycles. The minimum atomic E-state index is -3.91. The predicted molar refractivity (Wildman–Crippen MR) is 107 cm³/mol. The summed E-state index contributed by atoms with van der Waals surface area (Å²) >= 11 is 0. The highest BCUT2D eigenvalue weighted by molar-refractivity contribution is 7.89. The van der Waals surface area contributed by atoms with Crippen LogP contribution in [0.1, 0.15) is 5.56 Å². The van der Waals surface area contributed by atoms with Crippen LogP contribution in [0.15, 0.2) is 51.8 Å². The largest absolute Gasteiger partial charge is 0.513 e. The molecule has 1 aliphatic heterocycles. The summed E-state index contributed by atoms with van der Waals surface area (Å²) in [6.07, 6.45) is -1.46. The van der Waals surface area contributed by atoms with Crippen LogP contribution in [-0.4, -0.2) is 50.2 Å². The minimum Gasteiger partial charge on any atom is -0.449 e. The zero-order chi connectivity index (χ0) is 21.5. The van der Waals surface area contributed by atoms with Gasteiger partial charge in [0.05, 0.1) is 0 Å². The van der Waals surface area contributed by atoms with E-state index in [4.69, 9.17) is 9.52 Å². The lowest BCUT2D eigenvalue weighted by Crippen LogP contribution is -2.49. The summed E-state index contributed by atoms with van der Waals surface area (Å²) in [6, 6.07) is 10.4. The number of furan rings is 1. The maximum atomic E-state index is 14.0. The van der Waals surface area contributed by atoms with Gasteiger partial charge in [0.1, 0.15) is 16.3 Å². The van der Waals surface area contributed by atoms with Crippen molar-refractivity contribution in [2.75, 3.05) is 31.1 Å². The Morgan fingerprint density at radius 1 is 1.13 bits per heavy atom. The van der Waals surface area contributed by atoms with Crippen LogP contribution in [-0.2, 0) is 10.0 Å². The van der Waals surface area contributed by atoms with E-state index in [-0.39, 0.29) is 23.9 Å². The average molecular weight is 434 g/mol. The van der Waals surface area contributed by atoms with Crippen molar-refractivity contribution in [1.29, 1.82) is 0 Å². The fraction of sp³-hybridized carbons (Fsp3) is 0.250. The molecule has 0 aliphatic carbocycles. The number of carboxylic acid groups (broad SMARTS) is 1. The van der Waals surface area contributed by atoms with E-state index in [2.05, 4.69) is 4.74 Å². The first-order valence-electron chi connectivity index (χ1n) is 9.21. The monoisotopic (exact) mass is 434 g/mol. The van der Waals surface area contributed by atoms with Gasteiger partial charge in [-0.15, -0.1) is 0 Å². The topological polar surface area (TPSA) is 100 Å². The Hall–Kier alpha value is -3.11. The standard InChI is InChI=1S/C20H19FN2O6S/c1-13-14-12-19(29-20(24)25)28-17(14)7-6-16(13)22-8-10-23(11-9-22)30(26,27)18-5-3-2-4-15(18)21/h2-7,12H,8-11H2,1H3,(H,24,25). The molecule has 2 aromatic carbocycles. The number of sulfonamides is 1. The number of anilines is 1. The molecular formula is C20H19FN2O6S. The van der Waals surface area contributed by atoms with E-state index in [1.165, 1.54) is 28.6 Å². The normalized spacial score (nSPS) is 15.5. The van der Waals surface area contributed by atoms with Crippen LogP contribution in [0.5, 0.6) is 5.95 Å². The van der Waals surface area contributed by atoms with Gasteiger partial charge in [-0.25, -0.2) is 17.6 Å². The van der Waals surface area contributed by atoms with Gasteiger partial charge in [0.25, 0.3) is 5.95 Å². The van der Waals surface area contributed by atoms with Crippen molar-refractivity contribution in [3.63, 3.8) is 0 Å². The summed E-state index contributed by atoms with van der Waals surface area (Å²) in [5.41, 5.74) is 2.24. The number of halogens is 1. The number of fused-ring (bicyclic) bond motifs is 1. The Balaban J connectivity index is 1.54. The third-order valence-electron chi connectivity index (χ3n) is 5.14. The zero-order valence-electron chi connectivity index (χ0n) is 16.0. The van der Waals surface area contributed by atoms with Crippen LogP contribution in [0.2, 0.25) is 0 Å². The molecule has 0 spiro atoms. The average Bonchev–Trinajstić information content (AvgIpc) is 3.11. The van der Waals surface area contributed by atoms with Crippen molar-refractivity contribution >= 4 is 32.8 Å². The number of hydrogen-bond donors (Lipinski definition) is 1. The fourth-order valence-electron chi connectivity index (χ4n) is 3.66. The summed E-state index contributed by atoms with van der Waals surface area (Å²) in [5, 5.41) is 9.46. The Morgan fingerprint density at radius 2 is 1.83 bits per heavy atom. The Labute approximate surface area is 172 Å². The second-order valence-electron chi connectivity index (χ2n) is 6.88. The van der Waals surface area contributed by atoms with E-state index in [9.17, 15) is 17.6 Å². The highest BCUT2D eigenvalue weighted by Crippen LogP contribution is 2.34. The molecule has 0 saturated carbocycles. The predicted octanol–water partition coefficient (Wildman–Crippen LogP) is 3.45. The molecule has 158 valence electrons. The van der Waals surface area contributed by atoms with Crippen LogP contribution in [0, 0.1) is 12.7 Å². The molecule has 30 heavy (non-hydrogen) atoms. The van der Waals surface area contributed by atoms with E-state index in [1.54, 1.807) is 6.07 Å². The SMILES string of the molecule is Cc1c(N2CCN(S(=O)(=O)c3ccccc3F)CC2)ccc2oc(OC(=O)O)cc12. The molecule has 1 fully saturated rings. The van der Waals surface area contributed by atoms with Gasteiger partial charge in [0, 0.05) is 43.3 Å². The second kappa shape index (κ2) is 7.62. The molecular weight excluding hydrogens is 415 g/mol. The number of rotatable bonds is 4. The second-order valence-corrected chi connectivity index (χ2v) is 8.78. The van der Waals surface area contributed by atoms with Gasteiger partial charge in [-0.1, -0.05) is 12.1 Å². The minimum absolute atomic E-state index is 0.112. The van der Waals surface area contributed by atoms with Crippen LogP contribution >= 0.6 is 0 Å². The fourth-order valence-corrected chi connectivity index (χ4v) is 5.14. The number of ether oxygens (including phenoxy) is 1. The summed E-state index contributed by atoms with van der Waals surface area (Å²) in [7, 11) is -3.91. The maximum Gasteiger partial charge on any atom is 0.513 e. The summed E-state index contributed by atoms with van der Waals surface area (Å²) in [6.45, 7) is 3.16. The molecule has 1 N–H and O–H groups in total. The van der Waals surface area contributed by atoms with E-state index in [0.717, 1.165) is 17.3 Å². The summed E-state index contributed by atoms with van der Waals surface area (Å²) in [5.74, 6) is -0.876. The van der Waals surface area contributed by atoms with E-state index < -0.39 is 22.0 Å². The maximum absolute atomic E-state index is 14.0. The van der Waals surface area contributed by atoms with Crippen LogP contribution in [0.3, 0.4) is 0 Å². The molecule has 0 bridgehead atoms. The van der Waals surface area contributed by atoms with Gasteiger partial charge in [-0.05, 0) is 36.8 Å². The Morgan fingerprint density at radius 3 is 2.50 bits per heavy atom. The Kier molecular flexibility index (Phi) is 5.12. The third-order valence-corrected chi connectivity index (χ3v) is 7.07. The lowest BCUT2D eigenvalue weighted by molar-refractivity contribution is 0.134. The smallest absolute Gasteiger partial charge is 0.449 e. The first kappa shape index (κ1) is 20.2. The molecule has 0 radical (unpaired) electrons. The van der Waals surface area contributed by atoms with E-state index in [1.807, 2.05) is 17.9 Å². The molecule has 1 saturated heterocycles. The van der Waals surface area contributed by atoms with Crippen molar-refractivity contribution < 1.29 is 31.9 Å². The molecule has 0 amide bonds. The van der Waals surface area contributed by atoms with Crippen molar-refractivity contribution in [3.05, 3.63) is 53.8 Å². The lowest BCUT2D eigenvalue weighted by atomic mass is 10.1. The molecule has 0 unspecified atom stereocenters. The van der Waals surface area contributed by atoms with Crippen molar-refractivity contribution in [3.8, 4) is 5.95 Å². The first-order valence-corrected chi connectivity index (χ1v) is 10.6. The van der Waals surface area contributed by atoms with Gasteiger partial charge in [0.15, 0.2) is 0 Å². The molecule has 1 aromatic heterocycles. The third kappa shape index (κ3) is 3.59. The zero-order valence-corrected chi connectivity index (χ0v) is 16.9. The van der Waals surface area contributed by atoms with Crippen LogP contribution in [0.25, 0.3) is 11.0 Å². The van der Waals surface area contributed by atoms with Crippen molar-refractivity contribution in [2.24, 2.45) is 0 Å².